The average molecular weight is 593 g/mol. The van der Waals surface area contributed by atoms with E-state index in [0.717, 1.165) is 51.4 Å². The van der Waals surface area contributed by atoms with Crippen LogP contribution < -0.4 is 0 Å². The van der Waals surface area contributed by atoms with E-state index >= 15 is 0 Å². The first-order valence-corrected chi connectivity index (χ1v) is 18.1. The number of esters is 1. The molecule has 0 aromatic heterocycles. The van der Waals surface area contributed by atoms with Crippen LogP contribution in [0.2, 0.25) is 0 Å². The zero-order valence-corrected chi connectivity index (χ0v) is 27.7. The normalized spacial score (nSPS) is 32.1. The number of rotatable bonds is 17. The molecular weight excluding hydrogens is 532 g/mol. The second-order valence-electron chi connectivity index (χ2n) is 14.7. The van der Waals surface area contributed by atoms with Crippen LogP contribution in [0.3, 0.4) is 0 Å². The third-order valence-corrected chi connectivity index (χ3v) is 11.7. The van der Waals surface area contributed by atoms with Crippen LogP contribution in [0.4, 0.5) is 0 Å². The summed E-state index contributed by atoms with van der Waals surface area (Å²) in [6.07, 6.45) is 33.2. The molecule has 6 atom stereocenters. The number of unbranched alkanes of at least 4 members (excludes halogenated alkanes) is 10. The van der Waals surface area contributed by atoms with Crippen molar-refractivity contribution in [1.29, 1.82) is 0 Å². The molecule has 0 heterocycles. The third-order valence-electron chi connectivity index (χ3n) is 11.7. The standard InChI is InChI=1S/C39H60O4/c1-4-5-6-7-8-9-10-11-12-13-14-15-16-17-18-19-20-21-36(42)43-31-24-26-38(2)30(28-31)29-34(40)37-32-22-23-35(41)39(32,3)27-25-33(37)38/h8-9,11-12,29,31-33,37H,4-7,10,13-28H2,1-3H3/b9-8-,12-11-/t31-,32?,33?,37?,38-,39-/m0/s1. The number of ether oxygens (including phenoxy) is 1. The van der Waals surface area contributed by atoms with Gasteiger partial charge in [-0.3, -0.25) is 14.4 Å². The molecule has 4 rings (SSSR count). The van der Waals surface area contributed by atoms with Crippen LogP contribution >= 0.6 is 0 Å². The smallest absolute Gasteiger partial charge is 0.306 e. The number of fused-ring (bicyclic) bond motifs is 5. The van der Waals surface area contributed by atoms with Crippen molar-refractivity contribution < 1.29 is 19.1 Å². The number of allylic oxidation sites excluding steroid dienone is 5. The Labute approximate surface area is 262 Å². The van der Waals surface area contributed by atoms with E-state index in [-0.39, 0.29) is 40.5 Å². The van der Waals surface area contributed by atoms with Crippen LogP contribution in [0.25, 0.3) is 0 Å². The van der Waals surface area contributed by atoms with E-state index in [1.165, 1.54) is 69.8 Å². The lowest BCUT2D eigenvalue weighted by Crippen LogP contribution is -2.53. The molecule has 43 heavy (non-hydrogen) atoms. The van der Waals surface area contributed by atoms with Crippen molar-refractivity contribution >= 4 is 17.5 Å². The number of carbonyl (C=O) groups is 3. The van der Waals surface area contributed by atoms with Crippen molar-refractivity contribution in [3.63, 3.8) is 0 Å². The molecule has 4 aliphatic carbocycles. The minimum Gasteiger partial charge on any atom is -0.462 e. The largest absolute Gasteiger partial charge is 0.462 e. The van der Waals surface area contributed by atoms with E-state index < -0.39 is 0 Å². The maximum atomic E-state index is 13.4. The first-order valence-electron chi connectivity index (χ1n) is 18.1. The van der Waals surface area contributed by atoms with Gasteiger partial charge in [0.1, 0.15) is 11.9 Å². The molecule has 0 amide bonds. The Hall–Kier alpha value is -1.97. The van der Waals surface area contributed by atoms with Gasteiger partial charge in [-0.05, 0) is 94.0 Å². The maximum absolute atomic E-state index is 13.4. The Kier molecular flexibility index (Phi) is 12.9. The highest BCUT2D eigenvalue weighted by Gasteiger charge is 2.61. The fourth-order valence-electron chi connectivity index (χ4n) is 8.92. The van der Waals surface area contributed by atoms with Gasteiger partial charge in [0.2, 0.25) is 0 Å². The van der Waals surface area contributed by atoms with Crippen LogP contribution in [0.15, 0.2) is 36.0 Å². The van der Waals surface area contributed by atoms with Gasteiger partial charge in [0, 0.05) is 30.6 Å². The first kappa shape index (κ1) is 33.9. The molecule has 0 saturated heterocycles. The number of hydrogen-bond donors (Lipinski definition) is 0. The fourth-order valence-corrected chi connectivity index (χ4v) is 8.92. The van der Waals surface area contributed by atoms with Crippen LogP contribution in [0, 0.1) is 28.6 Å². The highest BCUT2D eigenvalue weighted by Crippen LogP contribution is 2.63. The van der Waals surface area contributed by atoms with Crippen molar-refractivity contribution in [2.45, 2.75) is 162 Å². The predicted octanol–water partition coefficient (Wildman–Crippen LogP) is 10.2. The van der Waals surface area contributed by atoms with Gasteiger partial charge in [-0.1, -0.05) is 95.6 Å². The average Bonchev–Trinajstić information content (AvgIpc) is 3.29. The summed E-state index contributed by atoms with van der Waals surface area (Å²) in [5.74, 6) is 1.05. The number of ketones is 2. The summed E-state index contributed by atoms with van der Waals surface area (Å²) < 4.78 is 5.94. The van der Waals surface area contributed by atoms with E-state index in [9.17, 15) is 14.4 Å². The molecular formula is C39H60O4. The van der Waals surface area contributed by atoms with Crippen LogP contribution in [0.1, 0.15) is 156 Å². The summed E-state index contributed by atoms with van der Waals surface area (Å²) >= 11 is 0. The molecule has 0 spiro atoms. The highest BCUT2D eigenvalue weighted by molar-refractivity contribution is 5.96. The SMILES string of the molecule is CCCCC/C=C\C/C=C\CCCCCCCCCC(=O)O[C@H]1CC[C@@]2(C)C(=CC(=O)C3C2CC[C@]2(C)C(=O)CCC32)C1. The Morgan fingerprint density at radius 1 is 0.814 bits per heavy atom. The summed E-state index contributed by atoms with van der Waals surface area (Å²) in [5.41, 5.74) is 0.893. The first-order chi connectivity index (χ1) is 20.8. The third kappa shape index (κ3) is 8.60. The van der Waals surface area contributed by atoms with Gasteiger partial charge in [0.05, 0.1) is 0 Å². The van der Waals surface area contributed by atoms with Crippen molar-refractivity contribution in [1.82, 2.24) is 0 Å². The Morgan fingerprint density at radius 3 is 2.16 bits per heavy atom. The summed E-state index contributed by atoms with van der Waals surface area (Å²) in [6, 6.07) is 0. The second kappa shape index (κ2) is 16.4. The Bertz CT molecular complexity index is 1040. The Balaban J connectivity index is 1.06. The monoisotopic (exact) mass is 592 g/mol. The van der Waals surface area contributed by atoms with Gasteiger partial charge in [0.15, 0.2) is 5.78 Å². The topological polar surface area (TPSA) is 60.4 Å². The van der Waals surface area contributed by atoms with Gasteiger partial charge in [-0.15, -0.1) is 0 Å². The van der Waals surface area contributed by atoms with E-state index in [1.807, 2.05) is 6.08 Å². The van der Waals surface area contributed by atoms with Crippen molar-refractivity contribution in [3.05, 3.63) is 36.0 Å². The predicted molar refractivity (Wildman–Crippen MR) is 176 cm³/mol. The molecule has 0 aliphatic heterocycles. The molecule has 0 aromatic carbocycles. The zero-order chi connectivity index (χ0) is 30.7. The summed E-state index contributed by atoms with van der Waals surface area (Å²) in [5, 5.41) is 0. The summed E-state index contributed by atoms with van der Waals surface area (Å²) in [7, 11) is 0. The van der Waals surface area contributed by atoms with Crippen LogP contribution in [-0.4, -0.2) is 23.6 Å². The maximum Gasteiger partial charge on any atom is 0.306 e. The zero-order valence-electron chi connectivity index (χ0n) is 27.7. The summed E-state index contributed by atoms with van der Waals surface area (Å²) in [6.45, 7) is 6.70. The lowest BCUT2D eigenvalue weighted by Gasteiger charge is -2.56. The van der Waals surface area contributed by atoms with Crippen LogP contribution in [0.5, 0.6) is 0 Å². The number of Topliss-reactive ketones (excluding diaryl/α,β-unsaturated/α-hetero) is 1. The van der Waals surface area contributed by atoms with Gasteiger partial charge in [0.25, 0.3) is 0 Å². The van der Waals surface area contributed by atoms with E-state index in [2.05, 4.69) is 45.1 Å². The molecule has 3 saturated carbocycles. The molecule has 240 valence electrons. The van der Waals surface area contributed by atoms with E-state index in [1.54, 1.807) is 0 Å². The molecule has 0 N–H and O–H groups in total. The van der Waals surface area contributed by atoms with Gasteiger partial charge >= 0.3 is 5.97 Å². The van der Waals surface area contributed by atoms with Gasteiger partial charge < -0.3 is 4.74 Å². The summed E-state index contributed by atoms with van der Waals surface area (Å²) in [4.78, 5) is 38.7. The van der Waals surface area contributed by atoms with Crippen molar-refractivity contribution in [3.8, 4) is 0 Å². The second-order valence-corrected chi connectivity index (χ2v) is 14.7. The molecule has 4 heteroatoms. The molecule has 4 aliphatic rings. The fraction of sp³-hybridized carbons (Fsp3) is 0.769. The van der Waals surface area contributed by atoms with E-state index in [0.29, 0.717) is 31.0 Å². The van der Waals surface area contributed by atoms with Gasteiger partial charge in [-0.25, -0.2) is 0 Å². The Morgan fingerprint density at radius 2 is 1.44 bits per heavy atom. The van der Waals surface area contributed by atoms with E-state index in [4.69, 9.17) is 4.74 Å². The highest BCUT2D eigenvalue weighted by atomic mass is 16.5. The minimum atomic E-state index is -0.298. The minimum absolute atomic E-state index is 0.00433. The lowest BCUT2D eigenvalue weighted by atomic mass is 9.48. The lowest BCUT2D eigenvalue weighted by molar-refractivity contribution is -0.152. The number of carbonyl (C=O) groups excluding carboxylic acids is 3. The molecule has 4 nitrogen and oxygen atoms in total. The molecule has 0 radical (unpaired) electrons. The van der Waals surface area contributed by atoms with Gasteiger partial charge in [-0.2, -0.15) is 0 Å². The number of hydrogen-bond acceptors (Lipinski definition) is 4. The van der Waals surface area contributed by atoms with Crippen LogP contribution in [-0.2, 0) is 19.1 Å². The van der Waals surface area contributed by atoms with Crippen molar-refractivity contribution in [2.75, 3.05) is 0 Å². The quantitative estimate of drug-likeness (QED) is 0.0958. The van der Waals surface area contributed by atoms with Crippen molar-refractivity contribution in [2.24, 2.45) is 28.6 Å². The molecule has 3 fully saturated rings. The molecule has 0 bridgehead atoms. The molecule has 3 unspecified atom stereocenters. The molecule has 0 aromatic rings.